The van der Waals surface area contributed by atoms with Crippen LogP contribution in [0, 0.1) is 12.8 Å². The molecule has 1 saturated heterocycles. The van der Waals surface area contributed by atoms with Crippen molar-refractivity contribution in [1.82, 2.24) is 0 Å². The molecule has 0 amide bonds. The van der Waals surface area contributed by atoms with Gasteiger partial charge in [0.15, 0.2) is 11.0 Å². The summed E-state index contributed by atoms with van der Waals surface area (Å²) < 4.78 is 11.2. The first-order chi connectivity index (χ1) is 15.0. The number of benzene rings is 1. The first-order valence-corrected chi connectivity index (χ1v) is 12.0. The largest absolute Gasteiger partial charge is 0.472 e. The number of thioether (sulfide) groups is 1. The summed E-state index contributed by atoms with van der Waals surface area (Å²) in [6.45, 7) is 12.1. The van der Waals surface area contributed by atoms with Gasteiger partial charge < -0.3 is 14.3 Å². The second kappa shape index (κ2) is 9.44. The van der Waals surface area contributed by atoms with E-state index in [4.69, 9.17) is 9.15 Å². The van der Waals surface area contributed by atoms with Crippen LogP contribution in [0.4, 0.5) is 0 Å². The van der Waals surface area contributed by atoms with E-state index in [1.165, 1.54) is 11.8 Å². The fourth-order valence-corrected chi connectivity index (χ4v) is 5.52. The van der Waals surface area contributed by atoms with Crippen LogP contribution in [-0.2, 0) is 32.8 Å². The number of aliphatic hydroxyl groups excluding tert-OH is 1. The summed E-state index contributed by atoms with van der Waals surface area (Å²) in [7, 11) is 0. The molecule has 1 aliphatic heterocycles. The Hall–Kier alpha value is -2.05. The zero-order valence-corrected chi connectivity index (χ0v) is 20.7. The Labute approximate surface area is 194 Å². The summed E-state index contributed by atoms with van der Waals surface area (Å²) in [6, 6.07) is 5.85. The van der Waals surface area contributed by atoms with E-state index in [0.717, 1.165) is 27.1 Å². The molecule has 0 radical (unpaired) electrons. The average Bonchev–Trinajstić information content (AvgIpc) is 3.22. The number of carbonyl (C=O) groups is 2. The van der Waals surface area contributed by atoms with E-state index in [9.17, 15) is 14.7 Å². The minimum atomic E-state index is -0.878. The zero-order chi connectivity index (χ0) is 23.7. The van der Waals surface area contributed by atoms with Gasteiger partial charge in [0.1, 0.15) is 5.60 Å². The highest BCUT2D eigenvalue weighted by molar-refractivity contribution is 8.01. The lowest BCUT2D eigenvalue weighted by Crippen LogP contribution is -2.52. The van der Waals surface area contributed by atoms with Crippen molar-refractivity contribution in [2.24, 2.45) is 5.92 Å². The zero-order valence-electron chi connectivity index (χ0n) is 19.9. The van der Waals surface area contributed by atoms with Crippen molar-refractivity contribution in [3.05, 3.63) is 53.0 Å². The molecule has 5 nitrogen and oxygen atoms in total. The predicted molar refractivity (Wildman–Crippen MR) is 126 cm³/mol. The SMILES string of the molecule is Cc1cc(SC2C(=O)CC(CCc3ccoc3)(C(C)C)OC2=O)c(C(C)(C)C)cc1CO. The topological polar surface area (TPSA) is 76.7 Å². The monoisotopic (exact) mass is 458 g/mol. The number of aryl methyl sites for hydroxylation is 2. The van der Waals surface area contributed by atoms with E-state index >= 15 is 0 Å². The van der Waals surface area contributed by atoms with Gasteiger partial charge in [-0.15, -0.1) is 11.8 Å². The van der Waals surface area contributed by atoms with Gasteiger partial charge in [0.05, 0.1) is 19.1 Å². The molecule has 32 heavy (non-hydrogen) atoms. The lowest BCUT2D eigenvalue weighted by Gasteiger charge is -2.41. The van der Waals surface area contributed by atoms with Crippen LogP contribution in [0.25, 0.3) is 0 Å². The molecule has 1 N–H and O–H groups in total. The Balaban J connectivity index is 1.85. The molecule has 2 aromatic rings. The number of esters is 1. The Morgan fingerprint density at radius 2 is 1.97 bits per heavy atom. The van der Waals surface area contributed by atoms with E-state index in [0.29, 0.717) is 12.8 Å². The second-order valence-electron chi connectivity index (χ2n) is 10.1. The van der Waals surface area contributed by atoms with Gasteiger partial charge in [-0.05, 0) is 65.5 Å². The molecule has 1 aromatic heterocycles. The first-order valence-electron chi connectivity index (χ1n) is 11.1. The van der Waals surface area contributed by atoms with Crippen LogP contribution >= 0.6 is 11.8 Å². The Morgan fingerprint density at radius 3 is 2.50 bits per heavy atom. The van der Waals surface area contributed by atoms with Gasteiger partial charge in [0.25, 0.3) is 0 Å². The van der Waals surface area contributed by atoms with Crippen molar-refractivity contribution in [3.63, 3.8) is 0 Å². The van der Waals surface area contributed by atoms with Crippen LogP contribution in [0.15, 0.2) is 40.0 Å². The van der Waals surface area contributed by atoms with Gasteiger partial charge in [-0.25, -0.2) is 0 Å². The molecule has 1 aromatic carbocycles. The molecule has 0 spiro atoms. The molecule has 2 heterocycles. The van der Waals surface area contributed by atoms with Gasteiger partial charge in [0, 0.05) is 11.3 Å². The summed E-state index contributed by atoms with van der Waals surface area (Å²) in [5.41, 5.74) is 2.84. The fraction of sp³-hybridized carbons (Fsp3) is 0.538. The molecular weight excluding hydrogens is 424 g/mol. The number of hydrogen-bond acceptors (Lipinski definition) is 6. The maximum absolute atomic E-state index is 13.3. The third-order valence-corrected chi connectivity index (χ3v) is 7.70. The van der Waals surface area contributed by atoms with E-state index in [2.05, 4.69) is 20.8 Å². The molecule has 2 unspecified atom stereocenters. The van der Waals surface area contributed by atoms with Crippen LogP contribution in [0.5, 0.6) is 0 Å². The van der Waals surface area contributed by atoms with Gasteiger partial charge in [0.2, 0.25) is 0 Å². The number of rotatable bonds is 7. The van der Waals surface area contributed by atoms with Crippen molar-refractivity contribution in [3.8, 4) is 0 Å². The van der Waals surface area contributed by atoms with Crippen LogP contribution in [0.1, 0.15) is 69.7 Å². The minimum Gasteiger partial charge on any atom is -0.472 e. The normalized spacial score (nSPS) is 21.8. The number of cyclic esters (lactones) is 1. The minimum absolute atomic E-state index is 0.0180. The average molecular weight is 459 g/mol. The highest BCUT2D eigenvalue weighted by atomic mass is 32.2. The molecule has 6 heteroatoms. The Bertz CT molecular complexity index is 951. The van der Waals surface area contributed by atoms with Crippen LogP contribution in [-0.4, -0.2) is 27.7 Å². The number of Topliss-reactive ketones (excluding diaryl/α,β-unsaturated/α-hetero) is 1. The Kier molecular flexibility index (Phi) is 7.25. The molecule has 1 fully saturated rings. The van der Waals surface area contributed by atoms with Gasteiger partial charge >= 0.3 is 5.97 Å². The summed E-state index contributed by atoms with van der Waals surface area (Å²) >= 11 is 1.28. The lowest BCUT2D eigenvalue weighted by molar-refractivity contribution is -0.176. The van der Waals surface area contributed by atoms with Gasteiger partial charge in [-0.1, -0.05) is 40.7 Å². The summed E-state index contributed by atoms with van der Waals surface area (Å²) in [5.74, 6) is -0.531. The van der Waals surface area contributed by atoms with Crippen LogP contribution in [0.3, 0.4) is 0 Å². The first kappa shape index (κ1) is 24.6. The van der Waals surface area contributed by atoms with E-state index in [1.807, 2.05) is 39.0 Å². The smallest absolute Gasteiger partial charge is 0.327 e. The summed E-state index contributed by atoms with van der Waals surface area (Å²) in [4.78, 5) is 27.3. The molecule has 0 aliphatic carbocycles. The van der Waals surface area contributed by atoms with Gasteiger partial charge in [-0.2, -0.15) is 0 Å². The molecular formula is C26H34O5S. The number of ketones is 1. The number of furan rings is 1. The lowest BCUT2D eigenvalue weighted by atomic mass is 9.78. The number of hydrogen-bond donors (Lipinski definition) is 1. The maximum Gasteiger partial charge on any atom is 0.327 e. The third kappa shape index (κ3) is 5.12. The summed E-state index contributed by atoms with van der Waals surface area (Å²) in [6.07, 6.45) is 4.79. The van der Waals surface area contributed by atoms with Crippen molar-refractivity contribution < 1.29 is 23.8 Å². The van der Waals surface area contributed by atoms with E-state index in [1.54, 1.807) is 12.5 Å². The molecule has 174 valence electrons. The molecule has 0 saturated carbocycles. The van der Waals surface area contributed by atoms with Crippen molar-refractivity contribution in [1.29, 1.82) is 0 Å². The van der Waals surface area contributed by atoms with E-state index < -0.39 is 16.8 Å². The fourth-order valence-electron chi connectivity index (χ4n) is 4.17. The van der Waals surface area contributed by atoms with Crippen molar-refractivity contribution in [2.75, 3.05) is 0 Å². The van der Waals surface area contributed by atoms with Crippen molar-refractivity contribution >= 4 is 23.5 Å². The van der Waals surface area contributed by atoms with Gasteiger partial charge in [-0.3, -0.25) is 9.59 Å². The maximum atomic E-state index is 13.3. The molecule has 3 rings (SSSR count). The van der Waals surface area contributed by atoms with Crippen LogP contribution in [0.2, 0.25) is 0 Å². The Morgan fingerprint density at radius 1 is 1.25 bits per heavy atom. The molecule has 1 aliphatic rings. The number of carbonyl (C=O) groups excluding carboxylic acids is 2. The van der Waals surface area contributed by atoms with Crippen LogP contribution < -0.4 is 0 Å². The number of ether oxygens (including phenoxy) is 1. The third-order valence-electron chi connectivity index (χ3n) is 6.41. The second-order valence-corrected chi connectivity index (χ2v) is 11.2. The number of aliphatic hydroxyl groups is 1. The summed E-state index contributed by atoms with van der Waals surface area (Å²) in [5, 5.41) is 8.81. The molecule has 2 atom stereocenters. The highest BCUT2D eigenvalue weighted by Crippen LogP contribution is 2.42. The molecule has 0 bridgehead atoms. The highest BCUT2D eigenvalue weighted by Gasteiger charge is 2.49. The quantitative estimate of drug-likeness (QED) is 0.443. The van der Waals surface area contributed by atoms with Crippen molar-refractivity contribution in [2.45, 2.75) is 88.6 Å². The standard InChI is InChI=1S/C26H34O5S/c1-16(2)26(9-7-18-8-10-30-15-18)13-21(28)23(24(29)31-26)32-22-11-17(3)19(14-27)12-20(22)25(4,5)6/h8,10-12,15-16,23,27H,7,9,13-14H2,1-6H3. The van der Waals surface area contributed by atoms with E-state index in [-0.39, 0.29) is 30.1 Å². The predicted octanol–water partition coefficient (Wildman–Crippen LogP) is 5.38.